The van der Waals surface area contributed by atoms with E-state index >= 15 is 0 Å². The molecule has 0 unspecified atom stereocenters. The van der Waals surface area contributed by atoms with Crippen molar-refractivity contribution in [2.75, 3.05) is 0 Å². The van der Waals surface area contributed by atoms with Crippen LogP contribution in [0.15, 0.2) is 12.1 Å². The van der Waals surface area contributed by atoms with Gasteiger partial charge in [-0.25, -0.2) is 0 Å². The van der Waals surface area contributed by atoms with Gasteiger partial charge in [-0.15, -0.1) is 0 Å². The highest BCUT2D eigenvalue weighted by Crippen LogP contribution is 2.17. The van der Waals surface area contributed by atoms with Crippen LogP contribution in [-0.4, -0.2) is 4.98 Å². The smallest absolute Gasteiger partial charge is 0.220 e. The zero-order valence-electron chi connectivity index (χ0n) is 7.43. The molecule has 1 aromatic heterocycles. The molecule has 0 saturated heterocycles. The van der Waals surface area contributed by atoms with Crippen molar-refractivity contribution < 1.29 is 8.78 Å². The second kappa shape index (κ2) is 4.28. The van der Waals surface area contributed by atoms with E-state index in [-0.39, 0.29) is 5.56 Å². The molecule has 0 saturated carbocycles. The van der Waals surface area contributed by atoms with E-state index in [0.29, 0.717) is 6.42 Å². The average molecular weight is 186 g/mol. The molecule has 0 spiro atoms. The van der Waals surface area contributed by atoms with Gasteiger partial charge in [0.05, 0.1) is 0 Å². The molecule has 72 valence electrons. The average Bonchev–Trinajstić information content (AvgIpc) is 2.04. The first-order valence-corrected chi connectivity index (χ1v) is 4.22. The molecule has 1 atom stereocenters. The van der Waals surface area contributed by atoms with Crippen LogP contribution in [0.25, 0.3) is 0 Å². The lowest BCUT2D eigenvalue weighted by atomic mass is 10.1. The van der Waals surface area contributed by atoms with E-state index in [4.69, 9.17) is 5.73 Å². The lowest BCUT2D eigenvalue weighted by Crippen LogP contribution is -2.12. The summed E-state index contributed by atoms with van der Waals surface area (Å²) < 4.78 is 25.4. The van der Waals surface area contributed by atoms with Crippen LogP contribution in [-0.2, 0) is 0 Å². The van der Waals surface area contributed by atoms with Gasteiger partial charge in [-0.3, -0.25) is 0 Å². The van der Waals surface area contributed by atoms with Crippen LogP contribution in [0, 0.1) is 11.9 Å². The van der Waals surface area contributed by atoms with Gasteiger partial charge < -0.3 is 5.73 Å². The molecule has 0 aliphatic heterocycles. The van der Waals surface area contributed by atoms with E-state index in [9.17, 15) is 8.78 Å². The molecule has 0 radical (unpaired) electrons. The molecule has 0 aromatic carbocycles. The number of rotatable bonds is 3. The Hall–Kier alpha value is -1.03. The first-order valence-electron chi connectivity index (χ1n) is 4.22. The van der Waals surface area contributed by atoms with Crippen molar-refractivity contribution in [3.8, 4) is 0 Å². The molecule has 0 fully saturated rings. The van der Waals surface area contributed by atoms with E-state index in [1.54, 1.807) is 0 Å². The molecule has 4 heteroatoms. The number of hydrogen-bond donors (Lipinski definition) is 1. The Balaban J connectivity index is 2.88. The molecule has 13 heavy (non-hydrogen) atoms. The SMILES string of the molecule is CCC[C@H](N)c1ccc(F)nc1F. The molecule has 2 nitrogen and oxygen atoms in total. The van der Waals surface area contributed by atoms with Crippen molar-refractivity contribution >= 4 is 0 Å². The first kappa shape index (κ1) is 10.1. The Bertz CT molecular complexity index is 289. The van der Waals surface area contributed by atoms with Crippen LogP contribution < -0.4 is 5.73 Å². The van der Waals surface area contributed by atoms with Crippen molar-refractivity contribution in [1.29, 1.82) is 0 Å². The fourth-order valence-corrected chi connectivity index (χ4v) is 1.17. The Morgan fingerprint density at radius 3 is 2.69 bits per heavy atom. The van der Waals surface area contributed by atoms with Crippen LogP contribution in [0.5, 0.6) is 0 Å². The largest absolute Gasteiger partial charge is 0.324 e. The summed E-state index contributed by atoms with van der Waals surface area (Å²) >= 11 is 0. The summed E-state index contributed by atoms with van der Waals surface area (Å²) in [5, 5.41) is 0. The van der Waals surface area contributed by atoms with E-state index in [2.05, 4.69) is 4.98 Å². The zero-order chi connectivity index (χ0) is 9.84. The molecule has 0 aliphatic rings. The quantitative estimate of drug-likeness (QED) is 0.734. The summed E-state index contributed by atoms with van der Waals surface area (Å²) in [6, 6.07) is 2.07. The standard InChI is InChI=1S/C9H12F2N2/c1-2-3-7(12)6-4-5-8(10)13-9(6)11/h4-5,7H,2-3,12H2,1H3/t7-/m0/s1. The lowest BCUT2D eigenvalue weighted by Gasteiger charge is -2.10. The summed E-state index contributed by atoms with van der Waals surface area (Å²) in [6.45, 7) is 1.95. The van der Waals surface area contributed by atoms with Crippen LogP contribution in [0.2, 0.25) is 0 Å². The maximum atomic E-state index is 13.0. The normalized spacial score (nSPS) is 12.9. The maximum Gasteiger partial charge on any atom is 0.220 e. The van der Waals surface area contributed by atoms with Gasteiger partial charge in [0.2, 0.25) is 11.9 Å². The Morgan fingerprint density at radius 2 is 2.15 bits per heavy atom. The molecular formula is C9H12F2N2. The van der Waals surface area contributed by atoms with Crippen molar-refractivity contribution in [2.24, 2.45) is 5.73 Å². The minimum atomic E-state index is -0.815. The van der Waals surface area contributed by atoms with Crippen LogP contribution >= 0.6 is 0 Å². The van der Waals surface area contributed by atoms with Crippen LogP contribution in [0.1, 0.15) is 31.4 Å². The lowest BCUT2D eigenvalue weighted by molar-refractivity contribution is 0.485. The van der Waals surface area contributed by atoms with E-state index < -0.39 is 17.9 Å². The van der Waals surface area contributed by atoms with Crippen LogP contribution in [0.3, 0.4) is 0 Å². The molecule has 1 aromatic rings. The summed E-state index contributed by atoms with van der Waals surface area (Å²) in [6.07, 6.45) is 1.53. The Kier molecular flexibility index (Phi) is 3.31. The van der Waals surface area contributed by atoms with Gasteiger partial charge in [0.1, 0.15) is 0 Å². The predicted octanol–water partition coefficient (Wildman–Crippen LogP) is 2.16. The number of nitrogens with zero attached hydrogens (tertiary/aromatic N) is 1. The minimum Gasteiger partial charge on any atom is -0.324 e. The van der Waals surface area contributed by atoms with Gasteiger partial charge in [-0.1, -0.05) is 13.3 Å². The second-order valence-electron chi connectivity index (χ2n) is 2.91. The molecule has 1 rings (SSSR count). The highest BCUT2D eigenvalue weighted by Gasteiger charge is 2.11. The number of hydrogen-bond acceptors (Lipinski definition) is 2. The van der Waals surface area contributed by atoms with Gasteiger partial charge in [-0.05, 0) is 18.6 Å². The zero-order valence-corrected chi connectivity index (χ0v) is 7.43. The molecule has 0 aliphatic carbocycles. The predicted molar refractivity (Wildman–Crippen MR) is 46.0 cm³/mol. The highest BCUT2D eigenvalue weighted by atomic mass is 19.1. The van der Waals surface area contributed by atoms with E-state index in [1.807, 2.05) is 6.92 Å². The third kappa shape index (κ3) is 2.45. The number of halogens is 2. The van der Waals surface area contributed by atoms with Crippen molar-refractivity contribution in [3.63, 3.8) is 0 Å². The Labute approximate surface area is 75.8 Å². The maximum absolute atomic E-state index is 13.0. The Morgan fingerprint density at radius 1 is 1.46 bits per heavy atom. The third-order valence-corrected chi connectivity index (χ3v) is 1.84. The summed E-state index contributed by atoms with van der Waals surface area (Å²) in [5.74, 6) is -1.62. The van der Waals surface area contributed by atoms with Crippen molar-refractivity contribution in [2.45, 2.75) is 25.8 Å². The molecule has 2 N–H and O–H groups in total. The monoisotopic (exact) mass is 186 g/mol. The molecule has 0 amide bonds. The summed E-state index contributed by atoms with van der Waals surface area (Å²) in [5.41, 5.74) is 5.93. The molecular weight excluding hydrogens is 174 g/mol. The minimum absolute atomic E-state index is 0.281. The number of nitrogens with two attached hydrogens (primary N) is 1. The highest BCUT2D eigenvalue weighted by molar-refractivity contribution is 5.15. The van der Waals surface area contributed by atoms with Crippen molar-refractivity contribution in [3.05, 3.63) is 29.6 Å². The van der Waals surface area contributed by atoms with E-state index in [1.165, 1.54) is 6.07 Å². The topological polar surface area (TPSA) is 38.9 Å². The summed E-state index contributed by atoms with van der Waals surface area (Å²) in [4.78, 5) is 3.06. The summed E-state index contributed by atoms with van der Waals surface area (Å²) in [7, 11) is 0. The van der Waals surface area contributed by atoms with Gasteiger partial charge in [0.15, 0.2) is 0 Å². The third-order valence-electron chi connectivity index (χ3n) is 1.84. The second-order valence-corrected chi connectivity index (χ2v) is 2.91. The van der Waals surface area contributed by atoms with Gasteiger partial charge in [0.25, 0.3) is 0 Å². The number of pyridine rings is 1. The number of aromatic nitrogens is 1. The molecule has 1 heterocycles. The first-order chi connectivity index (χ1) is 6.15. The fraction of sp³-hybridized carbons (Fsp3) is 0.444. The van der Waals surface area contributed by atoms with Gasteiger partial charge >= 0.3 is 0 Å². The molecule has 0 bridgehead atoms. The fourth-order valence-electron chi connectivity index (χ4n) is 1.17. The van der Waals surface area contributed by atoms with Crippen molar-refractivity contribution in [1.82, 2.24) is 4.98 Å². The van der Waals surface area contributed by atoms with Gasteiger partial charge in [-0.2, -0.15) is 13.8 Å². The van der Waals surface area contributed by atoms with Gasteiger partial charge in [0, 0.05) is 11.6 Å². The van der Waals surface area contributed by atoms with Crippen LogP contribution in [0.4, 0.5) is 8.78 Å². The van der Waals surface area contributed by atoms with E-state index in [0.717, 1.165) is 12.5 Å².